The summed E-state index contributed by atoms with van der Waals surface area (Å²) in [7, 11) is 0. The first kappa shape index (κ1) is 26.5. The minimum absolute atomic E-state index is 0.105. The Labute approximate surface area is 230 Å². The van der Waals surface area contributed by atoms with Gasteiger partial charge in [0.1, 0.15) is 5.71 Å². The Kier molecular flexibility index (Phi) is 7.02. The third kappa shape index (κ3) is 5.01. The summed E-state index contributed by atoms with van der Waals surface area (Å²) in [6, 6.07) is 9.67. The Bertz CT molecular complexity index is 1310. The number of rotatable bonds is 6. The third-order valence-corrected chi connectivity index (χ3v) is 9.97. The summed E-state index contributed by atoms with van der Waals surface area (Å²) in [5, 5.41) is 13.4. The van der Waals surface area contributed by atoms with E-state index in [1.165, 1.54) is 71.6 Å². The van der Waals surface area contributed by atoms with E-state index >= 15 is 0 Å². The summed E-state index contributed by atoms with van der Waals surface area (Å²) in [4.78, 5) is 38.3. The van der Waals surface area contributed by atoms with Crippen molar-refractivity contribution in [3.05, 3.63) is 40.3 Å². The van der Waals surface area contributed by atoms with E-state index in [9.17, 15) is 14.7 Å². The number of carboxylic acids is 1. The van der Waals surface area contributed by atoms with Crippen molar-refractivity contribution in [1.82, 2.24) is 14.5 Å². The number of para-hydroxylation sites is 2. The maximum Gasteiger partial charge on any atom is 0.350 e. The third-order valence-electron chi connectivity index (χ3n) is 9.97. The summed E-state index contributed by atoms with van der Waals surface area (Å²) in [5.41, 5.74) is 0.436. The molecule has 210 valence electrons. The molecule has 4 fully saturated rings. The minimum atomic E-state index is -1.50. The highest BCUT2D eigenvalue weighted by Gasteiger charge is 2.47. The maximum atomic E-state index is 14.0. The van der Waals surface area contributed by atoms with Crippen molar-refractivity contribution in [1.29, 1.82) is 0 Å². The molecule has 39 heavy (non-hydrogen) atoms. The van der Waals surface area contributed by atoms with Crippen LogP contribution in [0.1, 0.15) is 103 Å². The zero-order valence-corrected chi connectivity index (χ0v) is 23.5. The normalized spacial score (nSPS) is 31.7. The Hall–Kier alpha value is -2.74. The van der Waals surface area contributed by atoms with Crippen LogP contribution in [0.3, 0.4) is 0 Å². The highest BCUT2D eigenvalue weighted by molar-refractivity contribution is 5.97. The molecule has 2 saturated carbocycles. The molecule has 1 aromatic carbocycles. The molecule has 4 bridgehead atoms. The van der Waals surface area contributed by atoms with Crippen molar-refractivity contribution in [2.75, 3.05) is 0 Å². The number of hydrogen-bond donors (Lipinski definition) is 1. The van der Waals surface area contributed by atoms with Crippen LogP contribution in [0.4, 0.5) is 0 Å². The number of carboxylic acid groups (broad SMARTS) is 1. The van der Waals surface area contributed by atoms with Crippen molar-refractivity contribution in [3.63, 3.8) is 0 Å². The van der Waals surface area contributed by atoms with Gasteiger partial charge in [0.05, 0.1) is 11.0 Å². The van der Waals surface area contributed by atoms with Crippen molar-refractivity contribution in [3.8, 4) is 0 Å². The molecule has 0 spiro atoms. The second-order valence-corrected chi connectivity index (χ2v) is 13.0. The molecule has 2 aliphatic carbocycles. The molecule has 1 N–H and O–H groups in total. The van der Waals surface area contributed by atoms with Gasteiger partial charge in [-0.2, -0.15) is 0 Å². The molecule has 0 amide bonds. The summed E-state index contributed by atoms with van der Waals surface area (Å²) < 4.78 is 1.96. The molecule has 2 saturated heterocycles. The lowest BCUT2D eigenvalue weighted by Gasteiger charge is -2.48. The van der Waals surface area contributed by atoms with Gasteiger partial charge in [0.2, 0.25) is 5.60 Å². The Morgan fingerprint density at radius 3 is 2.23 bits per heavy atom. The van der Waals surface area contributed by atoms with Gasteiger partial charge in [-0.1, -0.05) is 43.0 Å². The predicted molar refractivity (Wildman–Crippen MR) is 151 cm³/mol. The van der Waals surface area contributed by atoms with Gasteiger partial charge in [-0.25, -0.2) is 9.78 Å². The monoisotopic (exact) mass is 534 g/mol. The summed E-state index contributed by atoms with van der Waals surface area (Å²) >= 11 is 0. The smallest absolute Gasteiger partial charge is 0.350 e. The largest absolute Gasteiger partial charge is 0.478 e. The van der Waals surface area contributed by atoms with Gasteiger partial charge < -0.3 is 14.5 Å². The molecule has 6 atom stereocenters. The first-order valence-corrected chi connectivity index (χ1v) is 15.0. The fourth-order valence-corrected chi connectivity index (χ4v) is 8.12. The number of hydrogen-bond acceptors (Lipinski definition) is 6. The fraction of sp³-hybridized carbons (Fsp3) is 0.677. The van der Waals surface area contributed by atoms with Gasteiger partial charge in [-0.05, 0) is 89.7 Å². The Morgan fingerprint density at radius 1 is 0.949 bits per heavy atom. The second kappa shape index (κ2) is 10.3. The Morgan fingerprint density at radius 2 is 1.59 bits per heavy atom. The molecule has 6 rings (SSSR count). The number of aliphatic carboxylic acids is 1. The SMILES string of the molecule is CC(=NOC(C)(C)C(=O)O)c1nc2ccccc2n(C2C[C@H]3CC[C@@H](C2)N3C2C[C@H]3CCCC[C@@H](C2)C3)c1=O. The van der Waals surface area contributed by atoms with Crippen LogP contribution in [-0.4, -0.2) is 55.0 Å². The first-order valence-electron chi connectivity index (χ1n) is 15.0. The van der Waals surface area contributed by atoms with Crippen LogP contribution in [0.2, 0.25) is 0 Å². The van der Waals surface area contributed by atoms with Crippen LogP contribution in [0.5, 0.6) is 0 Å². The molecule has 2 aliphatic heterocycles. The average molecular weight is 535 g/mol. The first-order chi connectivity index (χ1) is 18.7. The number of oxime groups is 1. The van der Waals surface area contributed by atoms with Gasteiger partial charge in [-0.3, -0.25) is 9.69 Å². The molecular formula is C31H42N4O4. The average Bonchev–Trinajstić information content (AvgIpc) is 3.06. The van der Waals surface area contributed by atoms with Crippen molar-refractivity contribution in [2.24, 2.45) is 17.0 Å². The number of piperidine rings is 1. The molecule has 2 unspecified atom stereocenters. The second-order valence-electron chi connectivity index (χ2n) is 13.0. The van der Waals surface area contributed by atoms with E-state index in [2.05, 4.69) is 15.0 Å². The maximum absolute atomic E-state index is 14.0. The van der Waals surface area contributed by atoms with Gasteiger partial charge in [0, 0.05) is 24.2 Å². The fourth-order valence-electron chi connectivity index (χ4n) is 8.12. The van der Waals surface area contributed by atoms with Crippen LogP contribution in [0.25, 0.3) is 11.0 Å². The zero-order chi connectivity index (χ0) is 27.3. The lowest BCUT2D eigenvalue weighted by molar-refractivity contribution is -0.161. The molecule has 3 heterocycles. The standard InChI is InChI=1S/C31H42N4O4/c1-19(33-39-31(2,3)30(37)38)28-29(36)35(27-11-7-6-10-26(27)32-28)25-17-22-12-13-23(18-25)34(22)24-15-20-8-4-5-9-21(14-20)16-24/h6-7,10-11,20-25H,4-5,8-9,12-18H2,1-3H3,(H,37,38)/t20-,21+,22-,23+,24?,25?. The summed E-state index contributed by atoms with van der Waals surface area (Å²) in [6.45, 7) is 4.53. The topological polar surface area (TPSA) is 97.0 Å². The molecule has 8 heteroatoms. The molecule has 1 aromatic heterocycles. The molecular weight excluding hydrogens is 492 g/mol. The summed E-state index contributed by atoms with van der Waals surface area (Å²) in [6.07, 6.45) is 14.2. The number of nitrogens with zero attached hydrogens (tertiary/aromatic N) is 4. The van der Waals surface area contributed by atoms with E-state index in [0.717, 1.165) is 35.7 Å². The highest BCUT2D eigenvalue weighted by Crippen LogP contribution is 2.47. The van der Waals surface area contributed by atoms with E-state index in [0.29, 0.717) is 23.8 Å². The van der Waals surface area contributed by atoms with Crippen molar-refractivity contribution in [2.45, 2.75) is 121 Å². The van der Waals surface area contributed by atoms with Crippen LogP contribution in [0.15, 0.2) is 34.2 Å². The van der Waals surface area contributed by atoms with E-state index in [4.69, 9.17) is 4.84 Å². The van der Waals surface area contributed by atoms with Gasteiger partial charge in [0.15, 0.2) is 5.69 Å². The van der Waals surface area contributed by atoms with E-state index in [-0.39, 0.29) is 17.3 Å². The van der Waals surface area contributed by atoms with Crippen LogP contribution in [-0.2, 0) is 9.63 Å². The van der Waals surface area contributed by atoms with E-state index in [1.54, 1.807) is 6.92 Å². The minimum Gasteiger partial charge on any atom is -0.478 e. The van der Waals surface area contributed by atoms with Crippen molar-refractivity contribution < 1.29 is 14.7 Å². The molecule has 2 aromatic rings. The molecule has 4 aliphatic rings. The Balaban J connectivity index is 1.30. The van der Waals surface area contributed by atoms with Crippen molar-refractivity contribution >= 4 is 22.7 Å². The lowest BCUT2D eigenvalue weighted by atomic mass is 9.76. The summed E-state index contributed by atoms with van der Waals surface area (Å²) in [5.74, 6) is 0.680. The molecule has 0 radical (unpaired) electrons. The highest BCUT2D eigenvalue weighted by atomic mass is 16.7. The van der Waals surface area contributed by atoms with Gasteiger partial charge in [0.25, 0.3) is 5.56 Å². The number of aromatic nitrogens is 2. The van der Waals surface area contributed by atoms with Gasteiger partial charge in [-0.15, -0.1) is 0 Å². The molecule has 8 nitrogen and oxygen atoms in total. The number of carbonyl (C=O) groups is 1. The number of benzene rings is 1. The predicted octanol–water partition coefficient (Wildman–Crippen LogP) is 5.53. The van der Waals surface area contributed by atoms with E-state index in [1.807, 2.05) is 28.8 Å². The zero-order valence-electron chi connectivity index (χ0n) is 23.5. The van der Waals surface area contributed by atoms with Gasteiger partial charge >= 0.3 is 5.97 Å². The quantitative estimate of drug-likeness (QED) is 0.387. The lowest BCUT2D eigenvalue weighted by Crippen LogP contribution is -2.52. The van der Waals surface area contributed by atoms with E-state index < -0.39 is 11.6 Å². The number of fused-ring (bicyclic) bond motifs is 5. The van der Waals surface area contributed by atoms with Crippen LogP contribution in [0, 0.1) is 11.8 Å². The van der Waals surface area contributed by atoms with Crippen LogP contribution < -0.4 is 5.56 Å². The van der Waals surface area contributed by atoms with Crippen LogP contribution >= 0.6 is 0 Å².